The number of amides is 1. The fourth-order valence-corrected chi connectivity index (χ4v) is 3.66. The molecule has 11 heteroatoms. The van der Waals surface area contributed by atoms with Crippen LogP contribution in [0.4, 0.5) is 5.69 Å². The monoisotopic (exact) mass is 456 g/mol. The normalized spacial score (nSPS) is 12.2. The molecule has 5 aromatic rings. The lowest BCUT2D eigenvalue weighted by Gasteiger charge is -2.05. The molecule has 1 aliphatic heterocycles. The van der Waals surface area contributed by atoms with E-state index in [1.54, 1.807) is 36.5 Å². The lowest BCUT2D eigenvalue weighted by molar-refractivity contribution is -0.117. The smallest absolute Gasteiger partial charge is 0.350 e. The van der Waals surface area contributed by atoms with Crippen molar-refractivity contribution in [2.24, 2.45) is 0 Å². The van der Waals surface area contributed by atoms with Crippen LogP contribution in [0.5, 0.6) is 11.5 Å². The van der Waals surface area contributed by atoms with Crippen LogP contribution in [0.3, 0.4) is 0 Å². The second-order valence-corrected chi connectivity index (χ2v) is 7.46. The minimum atomic E-state index is -0.472. The standard InChI is InChI=1S/C23H16N6O5/c30-19(24-15-8-9-17-18(11-15)33-13-32-17)12-29-23(31)28-10-4-7-16(21(28)26-29)22-25-20(27-34-22)14-5-2-1-3-6-14/h1-11H,12-13H2,(H,24,30). The van der Waals surface area contributed by atoms with Crippen LogP contribution in [-0.4, -0.2) is 37.0 Å². The second kappa shape index (κ2) is 7.89. The van der Waals surface area contributed by atoms with E-state index < -0.39 is 11.6 Å². The Bertz CT molecular complexity index is 1590. The summed E-state index contributed by atoms with van der Waals surface area (Å²) in [5.41, 5.74) is 1.62. The number of hydrogen-bond acceptors (Lipinski definition) is 8. The van der Waals surface area contributed by atoms with Crippen molar-refractivity contribution >= 4 is 17.2 Å². The lowest BCUT2D eigenvalue weighted by Crippen LogP contribution is -2.28. The molecule has 0 aliphatic carbocycles. The Morgan fingerprint density at radius 3 is 2.76 bits per heavy atom. The highest BCUT2D eigenvalue weighted by Crippen LogP contribution is 2.34. The van der Waals surface area contributed by atoms with E-state index in [1.165, 1.54) is 4.40 Å². The maximum absolute atomic E-state index is 12.9. The maximum atomic E-state index is 12.9. The zero-order valence-corrected chi connectivity index (χ0v) is 17.5. The van der Waals surface area contributed by atoms with Gasteiger partial charge in [-0.1, -0.05) is 35.5 Å². The molecule has 0 bridgehead atoms. The van der Waals surface area contributed by atoms with E-state index >= 15 is 0 Å². The number of aromatic nitrogens is 5. The van der Waals surface area contributed by atoms with E-state index in [4.69, 9.17) is 14.0 Å². The average Bonchev–Trinajstić information content (AvgIpc) is 3.59. The predicted molar refractivity (Wildman–Crippen MR) is 119 cm³/mol. The molecule has 0 saturated heterocycles. The largest absolute Gasteiger partial charge is 0.454 e. The van der Waals surface area contributed by atoms with E-state index in [0.717, 1.165) is 10.2 Å². The summed E-state index contributed by atoms with van der Waals surface area (Å²) < 4.78 is 18.4. The van der Waals surface area contributed by atoms with Gasteiger partial charge >= 0.3 is 5.69 Å². The number of rotatable bonds is 5. The number of ether oxygens (including phenoxy) is 2. The van der Waals surface area contributed by atoms with Gasteiger partial charge in [0.15, 0.2) is 17.1 Å². The van der Waals surface area contributed by atoms with E-state index in [2.05, 4.69) is 20.6 Å². The number of hydrogen-bond donors (Lipinski definition) is 1. The number of carbonyl (C=O) groups excluding carboxylic acids is 1. The first-order valence-electron chi connectivity index (χ1n) is 10.3. The van der Waals surface area contributed by atoms with Gasteiger partial charge in [0.25, 0.3) is 5.89 Å². The molecule has 0 radical (unpaired) electrons. The highest BCUT2D eigenvalue weighted by Gasteiger charge is 2.19. The summed E-state index contributed by atoms with van der Waals surface area (Å²) in [4.78, 5) is 29.9. The molecule has 34 heavy (non-hydrogen) atoms. The van der Waals surface area contributed by atoms with E-state index in [9.17, 15) is 9.59 Å². The topological polar surface area (TPSA) is 126 Å². The van der Waals surface area contributed by atoms with Gasteiger partial charge in [-0.05, 0) is 24.3 Å². The molecule has 0 saturated carbocycles. The number of benzene rings is 2. The summed E-state index contributed by atoms with van der Waals surface area (Å²) in [6, 6.07) is 17.8. The lowest BCUT2D eigenvalue weighted by atomic mass is 10.2. The van der Waals surface area contributed by atoms with Crippen LogP contribution in [0.2, 0.25) is 0 Å². The third kappa shape index (κ3) is 3.45. The molecule has 0 atom stereocenters. The zero-order valence-electron chi connectivity index (χ0n) is 17.5. The van der Waals surface area contributed by atoms with Crippen LogP contribution in [0.25, 0.3) is 28.5 Å². The van der Waals surface area contributed by atoms with Gasteiger partial charge in [0, 0.05) is 23.5 Å². The van der Waals surface area contributed by atoms with Crippen molar-refractivity contribution in [3.63, 3.8) is 0 Å². The molecule has 0 spiro atoms. The number of pyridine rings is 1. The highest BCUT2D eigenvalue weighted by molar-refractivity contribution is 5.91. The molecule has 2 aromatic carbocycles. The Hall–Kier alpha value is -4.93. The van der Waals surface area contributed by atoms with Crippen molar-refractivity contribution < 1.29 is 18.8 Å². The number of anilines is 1. The molecule has 0 fully saturated rings. The first-order chi connectivity index (χ1) is 16.7. The fraction of sp³-hybridized carbons (Fsp3) is 0.0870. The van der Waals surface area contributed by atoms with Crippen LogP contribution in [0, 0.1) is 0 Å². The van der Waals surface area contributed by atoms with Gasteiger partial charge < -0.3 is 19.3 Å². The van der Waals surface area contributed by atoms with E-state index in [0.29, 0.717) is 34.2 Å². The second-order valence-electron chi connectivity index (χ2n) is 7.46. The van der Waals surface area contributed by atoms with Crippen molar-refractivity contribution in [2.45, 2.75) is 6.54 Å². The molecule has 11 nitrogen and oxygen atoms in total. The minimum absolute atomic E-state index is 0.137. The molecule has 168 valence electrons. The average molecular weight is 456 g/mol. The molecule has 1 N–H and O–H groups in total. The summed E-state index contributed by atoms with van der Waals surface area (Å²) in [5, 5.41) is 11.1. The van der Waals surface area contributed by atoms with Gasteiger partial charge in [-0.25, -0.2) is 13.9 Å². The molecule has 4 heterocycles. The fourth-order valence-electron chi connectivity index (χ4n) is 3.66. The predicted octanol–water partition coefficient (Wildman–Crippen LogP) is 2.58. The van der Waals surface area contributed by atoms with Crippen molar-refractivity contribution in [3.8, 4) is 34.3 Å². The van der Waals surface area contributed by atoms with Crippen molar-refractivity contribution in [1.82, 2.24) is 24.3 Å². The molecule has 1 aliphatic rings. The molecule has 0 unspecified atom stereocenters. The van der Waals surface area contributed by atoms with Crippen LogP contribution >= 0.6 is 0 Å². The third-order valence-electron chi connectivity index (χ3n) is 5.25. The Kier molecular flexibility index (Phi) is 4.58. The Morgan fingerprint density at radius 1 is 1.03 bits per heavy atom. The summed E-state index contributed by atoms with van der Waals surface area (Å²) >= 11 is 0. The van der Waals surface area contributed by atoms with Gasteiger partial charge in [-0.2, -0.15) is 4.98 Å². The number of nitrogens with one attached hydrogen (secondary N) is 1. The van der Waals surface area contributed by atoms with Crippen LogP contribution in [0.15, 0.2) is 76.2 Å². The van der Waals surface area contributed by atoms with Gasteiger partial charge in [0.05, 0.1) is 5.56 Å². The summed E-state index contributed by atoms with van der Waals surface area (Å²) in [7, 11) is 0. The first kappa shape index (κ1) is 19.7. The van der Waals surface area contributed by atoms with Crippen LogP contribution in [-0.2, 0) is 11.3 Å². The van der Waals surface area contributed by atoms with Gasteiger partial charge in [-0.15, -0.1) is 5.10 Å². The van der Waals surface area contributed by atoms with Gasteiger partial charge in [0.2, 0.25) is 18.5 Å². The van der Waals surface area contributed by atoms with Crippen LogP contribution in [0.1, 0.15) is 0 Å². The highest BCUT2D eigenvalue weighted by atomic mass is 16.7. The van der Waals surface area contributed by atoms with Crippen molar-refractivity contribution in [1.29, 1.82) is 0 Å². The number of carbonyl (C=O) groups is 1. The summed E-state index contributed by atoms with van der Waals surface area (Å²) in [6.45, 7) is -0.147. The van der Waals surface area contributed by atoms with Crippen molar-refractivity contribution in [2.75, 3.05) is 12.1 Å². The Morgan fingerprint density at radius 2 is 1.88 bits per heavy atom. The first-order valence-corrected chi connectivity index (χ1v) is 10.3. The maximum Gasteiger partial charge on any atom is 0.350 e. The molecule has 6 rings (SSSR count). The number of fused-ring (bicyclic) bond motifs is 2. The molecular formula is C23H16N6O5. The van der Waals surface area contributed by atoms with E-state index in [-0.39, 0.29) is 19.2 Å². The van der Waals surface area contributed by atoms with Crippen LogP contribution < -0.4 is 20.5 Å². The molecule has 1 amide bonds. The SMILES string of the molecule is O=C(Cn1nc2c(-c3nc(-c4ccccc4)no3)cccn2c1=O)Nc1ccc2c(c1)OCO2. The zero-order chi connectivity index (χ0) is 23.1. The third-order valence-corrected chi connectivity index (χ3v) is 5.25. The quantitative estimate of drug-likeness (QED) is 0.428. The van der Waals surface area contributed by atoms with Crippen molar-refractivity contribution in [3.05, 3.63) is 77.3 Å². The molecule has 3 aromatic heterocycles. The van der Waals surface area contributed by atoms with E-state index in [1.807, 2.05) is 30.3 Å². The summed E-state index contributed by atoms with van der Waals surface area (Å²) in [5.74, 6) is 1.37. The number of nitrogens with zero attached hydrogens (tertiary/aromatic N) is 5. The Labute approximate surface area is 191 Å². The minimum Gasteiger partial charge on any atom is -0.454 e. The summed E-state index contributed by atoms with van der Waals surface area (Å²) in [6.07, 6.45) is 1.56. The molecular weight excluding hydrogens is 440 g/mol. The van der Waals surface area contributed by atoms with Gasteiger partial charge in [0.1, 0.15) is 6.54 Å². The Balaban J connectivity index is 1.28. The van der Waals surface area contributed by atoms with Gasteiger partial charge in [-0.3, -0.25) is 4.79 Å².